The summed E-state index contributed by atoms with van der Waals surface area (Å²) in [5, 5.41) is 12.0. The first kappa shape index (κ1) is 11.1. The van der Waals surface area contributed by atoms with E-state index in [-0.39, 0.29) is 0 Å². The fourth-order valence-electron chi connectivity index (χ4n) is 0.990. The standard InChI is InChI=1S/C9H11N3O3/c1-6-9(11-4-3-10-6)7(2)12-15-5-8(13)14/h3-4H,5H2,1-2H3,(H,13,14). The summed E-state index contributed by atoms with van der Waals surface area (Å²) >= 11 is 0. The first-order valence-corrected chi connectivity index (χ1v) is 4.27. The zero-order valence-corrected chi connectivity index (χ0v) is 8.47. The monoisotopic (exact) mass is 209 g/mol. The lowest BCUT2D eigenvalue weighted by Crippen LogP contribution is -2.07. The third kappa shape index (κ3) is 3.34. The fourth-order valence-corrected chi connectivity index (χ4v) is 0.990. The van der Waals surface area contributed by atoms with Gasteiger partial charge >= 0.3 is 5.97 Å². The number of carbonyl (C=O) groups is 1. The van der Waals surface area contributed by atoms with E-state index < -0.39 is 12.6 Å². The Morgan fingerprint density at radius 3 is 2.80 bits per heavy atom. The fraction of sp³-hybridized carbons (Fsp3) is 0.333. The van der Waals surface area contributed by atoms with Gasteiger partial charge in [-0.05, 0) is 13.8 Å². The average Bonchev–Trinajstić information content (AvgIpc) is 2.17. The van der Waals surface area contributed by atoms with Gasteiger partial charge in [-0.2, -0.15) is 0 Å². The molecule has 6 heteroatoms. The number of hydrogen-bond acceptors (Lipinski definition) is 5. The minimum atomic E-state index is -1.07. The second-order valence-electron chi connectivity index (χ2n) is 2.83. The molecule has 0 fully saturated rings. The van der Waals surface area contributed by atoms with E-state index in [1.54, 1.807) is 26.2 Å². The normalized spacial score (nSPS) is 11.2. The van der Waals surface area contributed by atoms with Crippen LogP contribution in [0.2, 0.25) is 0 Å². The van der Waals surface area contributed by atoms with Crippen LogP contribution in [0.3, 0.4) is 0 Å². The molecule has 0 unspecified atom stereocenters. The first-order valence-electron chi connectivity index (χ1n) is 4.27. The van der Waals surface area contributed by atoms with E-state index in [9.17, 15) is 4.79 Å². The Morgan fingerprint density at radius 1 is 1.53 bits per heavy atom. The molecule has 0 aliphatic rings. The summed E-state index contributed by atoms with van der Waals surface area (Å²) in [6.45, 7) is 3.01. The Kier molecular flexibility index (Phi) is 3.73. The van der Waals surface area contributed by atoms with Crippen LogP contribution in [0.15, 0.2) is 17.5 Å². The molecule has 80 valence electrons. The molecule has 0 saturated heterocycles. The van der Waals surface area contributed by atoms with Crippen LogP contribution >= 0.6 is 0 Å². The van der Waals surface area contributed by atoms with Crippen LogP contribution in [0.1, 0.15) is 18.3 Å². The smallest absolute Gasteiger partial charge is 0.344 e. The second-order valence-corrected chi connectivity index (χ2v) is 2.83. The summed E-state index contributed by atoms with van der Waals surface area (Å²) in [7, 11) is 0. The van der Waals surface area contributed by atoms with Crippen LogP contribution in [-0.2, 0) is 9.63 Å². The van der Waals surface area contributed by atoms with Gasteiger partial charge in [0.1, 0.15) is 11.4 Å². The van der Waals surface area contributed by atoms with Crippen molar-refractivity contribution in [1.82, 2.24) is 9.97 Å². The van der Waals surface area contributed by atoms with Crippen LogP contribution in [0.25, 0.3) is 0 Å². The Morgan fingerprint density at radius 2 is 2.20 bits per heavy atom. The molecule has 1 aromatic rings. The highest BCUT2D eigenvalue weighted by atomic mass is 16.6. The molecule has 0 aliphatic heterocycles. The van der Waals surface area contributed by atoms with Crippen molar-refractivity contribution in [3.63, 3.8) is 0 Å². The van der Waals surface area contributed by atoms with Crippen molar-refractivity contribution in [1.29, 1.82) is 0 Å². The molecule has 0 radical (unpaired) electrons. The Bertz CT molecular complexity index is 390. The quantitative estimate of drug-likeness (QED) is 0.580. The lowest BCUT2D eigenvalue weighted by molar-refractivity contribution is -0.142. The molecule has 1 rings (SSSR count). The van der Waals surface area contributed by atoms with Crippen LogP contribution in [0.5, 0.6) is 0 Å². The van der Waals surface area contributed by atoms with Crippen molar-refractivity contribution in [3.05, 3.63) is 23.8 Å². The molecule has 0 aliphatic carbocycles. The number of oxime groups is 1. The van der Waals surface area contributed by atoms with Gasteiger partial charge in [0.05, 0.1) is 5.69 Å². The van der Waals surface area contributed by atoms with Gasteiger partial charge in [0, 0.05) is 12.4 Å². The van der Waals surface area contributed by atoms with Gasteiger partial charge in [0.25, 0.3) is 0 Å². The van der Waals surface area contributed by atoms with Crippen LogP contribution in [0, 0.1) is 6.92 Å². The largest absolute Gasteiger partial charge is 0.479 e. The number of carboxylic acids is 1. The zero-order chi connectivity index (χ0) is 11.3. The van der Waals surface area contributed by atoms with Crippen molar-refractivity contribution in [2.24, 2.45) is 5.16 Å². The molecular weight excluding hydrogens is 198 g/mol. The number of aliphatic carboxylic acids is 1. The topological polar surface area (TPSA) is 84.7 Å². The van der Waals surface area contributed by atoms with Crippen molar-refractivity contribution >= 4 is 11.7 Å². The molecule has 1 heterocycles. The molecule has 1 aromatic heterocycles. The van der Waals surface area contributed by atoms with Gasteiger partial charge in [-0.25, -0.2) is 4.79 Å². The second kappa shape index (κ2) is 5.04. The third-order valence-electron chi connectivity index (χ3n) is 1.61. The predicted molar refractivity (Wildman–Crippen MR) is 52.6 cm³/mol. The summed E-state index contributed by atoms with van der Waals surface area (Å²) in [4.78, 5) is 22.8. The Hall–Kier alpha value is -1.98. The Labute approximate surface area is 86.6 Å². The van der Waals surface area contributed by atoms with E-state index in [1.807, 2.05) is 0 Å². The van der Waals surface area contributed by atoms with E-state index in [0.717, 1.165) is 5.69 Å². The zero-order valence-electron chi connectivity index (χ0n) is 8.47. The molecule has 15 heavy (non-hydrogen) atoms. The van der Waals surface area contributed by atoms with Crippen LogP contribution in [0.4, 0.5) is 0 Å². The first-order chi connectivity index (χ1) is 7.11. The number of hydrogen-bond donors (Lipinski definition) is 1. The van der Waals surface area contributed by atoms with Gasteiger partial charge in [-0.15, -0.1) is 0 Å². The van der Waals surface area contributed by atoms with E-state index >= 15 is 0 Å². The highest BCUT2D eigenvalue weighted by Gasteiger charge is 2.04. The highest BCUT2D eigenvalue weighted by molar-refractivity contribution is 5.97. The molecule has 1 N–H and O–H groups in total. The maximum Gasteiger partial charge on any atom is 0.344 e. The lowest BCUT2D eigenvalue weighted by atomic mass is 10.2. The molecule has 6 nitrogen and oxygen atoms in total. The van der Waals surface area contributed by atoms with Crippen molar-refractivity contribution in [2.75, 3.05) is 6.61 Å². The van der Waals surface area contributed by atoms with E-state index in [4.69, 9.17) is 5.11 Å². The average molecular weight is 209 g/mol. The summed E-state index contributed by atoms with van der Waals surface area (Å²) in [5.74, 6) is -1.07. The van der Waals surface area contributed by atoms with E-state index in [1.165, 1.54) is 0 Å². The number of aryl methyl sites for hydroxylation is 1. The van der Waals surface area contributed by atoms with Gasteiger partial charge in [-0.1, -0.05) is 5.16 Å². The number of nitrogens with zero attached hydrogens (tertiary/aromatic N) is 3. The summed E-state index contributed by atoms with van der Waals surface area (Å²) in [6, 6.07) is 0. The SMILES string of the molecule is CC(=NOCC(=O)O)c1nccnc1C. The minimum Gasteiger partial charge on any atom is -0.479 e. The van der Waals surface area contributed by atoms with Crippen molar-refractivity contribution in [2.45, 2.75) is 13.8 Å². The third-order valence-corrected chi connectivity index (χ3v) is 1.61. The van der Waals surface area contributed by atoms with Gasteiger partial charge in [0.2, 0.25) is 6.61 Å². The molecule has 0 spiro atoms. The molecule has 0 amide bonds. The summed E-state index contributed by atoms with van der Waals surface area (Å²) < 4.78 is 0. The predicted octanol–water partition coefficient (Wildman–Crippen LogP) is 0.610. The maximum absolute atomic E-state index is 10.2. The number of rotatable bonds is 4. The summed E-state index contributed by atoms with van der Waals surface area (Å²) in [6.07, 6.45) is 3.11. The maximum atomic E-state index is 10.2. The van der Waals surface area contributed by atoms with E-state index in [2.05, 4.69) is 20.0 Å². The van der Waals surface area contributed by atoms with Crippen molar-refractivity contribution < 1.29 is 14.7 Å². The van der Waals surface area contributed by atoms with Crippen molar-refractivity contribution in [3.8, 4) is 0 Å². The minimum absolute atomic E-state index is 0.462. The van der Waals surface area contributed by atoms with Gasteiger partial charge in [-0.3, -0.25) is 9.97 Å². The molecular formula is C9H11N3O3. The van der Waals surface area contributed by atoms with Crippen LogP contribution in [-0.4, -0.2) is 33.4 Å². The number of aromatic nitrogens is 2. The molecule has 0 bridgehead atoms. The summed E-state index contributed by atoms with van der Waals surface area (Å²) in [5.41, 5.74) is 1.82. The molecule has 0 saturated carbocycles. The van der Waals surface area contributed by atoms with E-state index in [0.29, 0.717) is 11.4 Å². The lowest BCUT2D eigenvalue weighted by Gasteiger charge is -2.01. The van der Waals surface area contributed by atoms with Gasteiger partial charge < -0.3 is 9.94 Å². The number of carboxylic acid groups (broad SMARTS) is 1. The molecule has 0 atom stereocenters. The van der Waals surface area contributed by atoms with Crippen LogP contribution < -0.4 is 0 Å². The molecule has 0 aromatic carbocycles. The Balaban J connectivity index is 2.72. The highest BCUT2D eigenvalue weighted by Crippen LogP contribution is 2.01. The van der Waals surface area contributed by atoms with Gasteiger partial charge in [0.15, 0.2) is 0 Å².